The number of nitrogens with one attached hydrogen (secondary N) is 1. The zero-order valence-electron chi connectivity index (χ0n) is 11.4. The normalized spacial score (nSPS) is 18.6. The van der Waals surface area contributed by atoms with Crippen LogP contribution in [0.2, 0.25) is 0 Å². The van der Waals surface area contributed by atoms with Crippen LogP contribution < -0.4 is 16.0 Å². The third-order valence-corrected chi connectivity index (χ3v) is 4.02. The van der Waals surface area contributed by atoms with Crippen molar-refractivity contribution >= 4 is 0 Å². The molecule has 3 N–H and O–H groups in total. The number of aryl methyl sites for hydroxylation is 1. The summed E-state index contributed by atoms with van der Waals surface area (Å²) in [5, 5.41) is 0. The van der Waals surface area contributed by atoms with Crippen LogP contribution in [-0.2, 0) is 0 Å². The fraction of sp³-hybridized carbons (Fsp3) is 0.600. The largest absolute Gasteiger partial charge is 0.496 e. The lowest BCUT2D eigenvalue weighted by atomic mass is 9.81. The fourth-order valence-electron chi connectivity index (χ4n) is 3.02. The van der Waals surface area contributed by atoms with E-state index in [-0.39, 0.29) is 6.04 Å². The molecule has 2 rings (SSSR count). The number of ether oxygens (including phenoxy) is 1. The Morgan fingerprint density at radius 1 is 1.28 bits per heavy atom. The van der Waals surface area contributed by atoms with Crippen molar-refractivity contribution in [3.63, 3.8) is 0 Å². The SMILES string of the molecule is COc1cc(C)ccc1C(NN)C1CCCCC1. The zero-order chi connectivity index (χ0) is 13.0. The van der Waals surface area contributed by atoms with Crippen LogP contribution in [-0.4, -0.2) is 7.11 Å². The highest BCUT2D eigenvalue weighted by atomic mass is 16.5. The van der Waals surface area contributed by atoms with Crippen molar-refractivity contribution in [2.45, 2.75) is 45.1 Å². The van der Waals surface area contributed by atoms with Crippen molar-refractivity contribution < 1.29 is 4.74 Å². The molecule has 1 atom stereocenters. The Hall–Kier alpha value is -1.06. The summed E-state index contributed by atoms with van der Waals surface area (Å²) in [5.74, 6) is 7.36. The number of benzene rings is 1. The van der Waals surface area contributed by atoms with Crippen LogP contribution in [0.25, 0.3) is 0 Å². The lowest BCUT2D eigenvalue weighted by Crippen LogP contribution is -2.34. The first-order valence-electron chi connectivity index (χ1n) is 6.87. The maximum atomic E-state index is 5.79. The zero-order valence-corrected chi connectivity index (χ0v) is 11.4. The minimum Gasteiger partial charge on any atom is -0.496 e. The smallest absolute Gasteiger partial charge is 0.123 e. The van der Waals surface area contributed by atoms with E-state index in [2.05, 4.69) is 30.5 Å². The molecule has 0 bridgehead atoms. The van der Waals surface area contributed by atoms with E-state index in [1.165, 1.54) is 43.2 Å². The second-order valence-electron chi connectivity index (χ2n) is 5.29. The molecule has 1 aliphatic carbocycles. The molecule has 0 aliphatic heterocycles. The third-order valence-electron chi connectivity index (χ3n) is 4.02. The van der Waals surface area contributed by atoms with Gasteiger partial charge in [-0.15, -0.1) is 0 Å². The average molecular weight is 248 g/mol. The average Bonchev–Trinajstić information content (AvgIpc) is 2.42. The lowest BCUT2D eigenvalue weighted by molar-refractivity contribution is 0.267. The van der Waals surface area contributed by atoms with E-state index in [1.807, 2.05) is 0 Å². The maximum absolute atomic E-state index is 5.79. The van der Waals surface area contributed by atoms with E-state index in [0.29, 0.717) is 5.92 Å². The third kappa shape index (κ3) is 2.85. The van der Waals surface area contributed by atoms with Gasteiger partial charge in [-0.2, -0.15) is 0 Å². The number of methoxy groups -OCH3 is 1. The molecule has 3 nitrogen and oxygen atoms in total. The van der Waals surface area contributed by atoms with Gasteiger partial charge in [-0.1, -0.05) is 31.4 Å². The van der Waals surface area contributed by atoms with Gasteiger partial charge >= 0.3 is 0 Å². The Balaban J connectivity index is 2.25. The van der Waals surface area contributed by atoms with E-state index < -0.39 is 0 Å². The molecule has 18 heavy (non-hydrogen) atoms. The van der Waals surface area contributed by atoms with Crippen LogP contribution in [0.4, 0.5) is 0 Å². The van der Waals surface area contributed by atoms with Gasteiger partial charge in [-0.05, 0) is 37.3 Å². The molecule has 1 aromatic carbocycles. The van der Waals surface area contributed by atoms with Gasteiger partial charge in [0.05, 0.1) is 13.2 Å². The number of hydrazine groups is 1. The van der Waals surface area contributed by atoms with Crippen LogP contribution in [0.1, 0.15) is 49.3 Å². The predicted octanol–water partition coefficient (Wildman–Crippen LogP) is 3.09. The molecule has 0 aromatic heterocycles. The summed E-state index contributed by atoms with van der Waals surface area (Å²) >= 11 is 0. The summed E-state index contributed by atoms with van der Waals surface area (Å²) in [6, 6.07) is 6.57. The van der Waals surface area contributed by atoms with E-state index in [0.717, 1.165) is 5.75 Å². The summed E-state index contributed by atoms with van der Waals surface area (Å²) in [4.78, 5) is 0. The topological polar surface area (TPSA) is 47.3 Å². The van der Waals surface area contributed by atoms with Gasteiger partial charge in [-0.25, -0.2) is 0 Å². The summed E-state index contributed by atoms with van der Waals surface area (Å²) in [7, 11) is 1.73. The molecular formula is C15H24N2O. The number of hydrogen-bond donors (Lipinski definition) is 2. The maximum Gasteiger partial charge on any atom is 0.123 e. The fourth-order valence-corrected chi connectivity index (χ4v) is 3.02. The molecule has 0 spiro atoms. The van der Waals surface area contributed by atoms with Crippen molar-refractivity contribution in [2.75, 3.05) is 7.11 Å². The summed E-state index contributed by atoms with van der Waals surface area (Å²) < 4.78 is 5.50. The Kier molecular flexibility index (Phi) is 4.61. The highest BCUT2D eigenvalue weighted by molar-refractivity contribution is 5.39. The van der Waals surface area contributed by atoms with Crippen LogP contribution >= 0.6 is 0 Å². The number of hydrogen-bond acceptors (Lipinski definition) is 3. The first kappa shape index (κ1) is 13.4. The molecule has 3 heteroatoms. The van der Waals surface area contributed by atoms with Gasteiger partial charge in [0, 0.05) is 5.56 Å². The molecule has 1 aromatic rings. The summed E-state index contributed by atoms with van der Waals surface area (Å²) in [6.07, 6.45) is 6.50. The second-order valence-corrected chi connectivity index (χ2v) is 5.29. The predicted molar refractivity (Wildman–Crippen MR) is 74.4 cm³/mol. The molecule has 0 saturated heterocycles. The van der Waals surface area contributed by atoms with Gasteiger partial charge in [0.25, 0.3) is 0 Å². The minimum absolute atomic E-state index is 0.209. The molecule has 0 heterocycles. The second kappa shape index (κ2) is 6.21. The summed E-state index contributed by atoms with van der Waals surface area (Å²) in [5.41, 5.74) is 5.41. The molecule has 1 aliphatic rings. The Labute approximate surface area is 110 Å². The summed E-state index contributed by atoms with van der Waals surface area (Å²) in [6.45, 7) is 2.08. The molecule has 1 unspecified atom stereocenters. The molecule has 1 saturated carbocycles. The number of nitrogens with two attached hydrogens (primary N) is 1. The van der Waals surface area contributed by atoms with Gasteiger partial charge in [0.2, 0.25) is 0 Å². The Morgan fingerprint density at radius 3 is 2.61 bits per heavy atom. The van der Waals surface area contributed by atoms with Crippen molar-refractivity contribution in [2.24, 2.45) is 11.8 Å². The van der Waals surface area contributed by atoms with Crippen molar-refractivity contribution in [3.05, 3.63) is 29.3 Å². The van der Waals surface area contributed by atoms with E-state index in [9.17, 15) is 0 Å². The molecule has 0 amide bonds. The van der Waals surface area contributed by atoms with Crippen LogP contribution in [0.3, 0.4) is 0 Å². The van der Waals surface area contributed by atoms with Crippen molar-refractivity contribution in [1.82, 2.24) is 5.43 Å². The first-order chi connectivity index (χ1) is 8.76. The van der Waals surface area contributed by atoms with Gasteiger partial charge < -0.3 is 4.74 Å². The molecule has 100 valence electrons. The molecule has 1 fully saturated rings. The van der Waals surface area contributed by atoms with Gasteiger partial charge in [0.15, 0.2) is 0 Å². The van der Waals surface area contributed by atoms with Gasteiger partial charge in [-0.3, -0.25) is 11.3 Å². The van der Waals surface area contributed by atoms with Crippen molar-refractivity contribution in [3.8, 4) is 5.75 Å². The van der Waals surface area contributed by atoms with E-state index >= 15 is 0 Å². The van der Waals surface area contributed by atoms with Crippen LogP contribution in [0.5, 0.6) is 5.75 Å². The molecule has 0 radical (unpaired) electrons. The number of rotatable bonds is 4. The van der Waals surface area contributed by atoms with E-state index in [1.54, 1.807) is 7.11 Å². The first-order valence-corrected chi connectivity index (χ1v) is 6.87. The van der Waals surface area contributed by atoms with Gasteiger partial charge in [0.1, 0.15) is 5.75 Å². The Morgan fingerprint density at radius 2 is 2.00 bits per heavy atom. The van der Waals surface area contributed by atoms with Crippen LogP contribution in [0.15, 0.2) is 18.2 Å². The Bertz CT molecular complexity index is 386. The lowest BCUT2D eigenvalue weighted by Gasteiger charge is -2.31. The highest BCUT2D eigenvalue weighted by Crippen LogP contribution is 2.37. The van der Waals surface area contributed by atoms with Crippen LogP contribution in [0, 0.1) is 12.8 Å². The van der Waals surface area contributed by atoms with E-state index in [4.69, 9.17) is 10.6 Å². The quantitative estimate of drug-likeness (QED) is 0.636. The highest BCUT2D eigenvalue weighted by Gasteiger charge is 2.26. The van der Waals surface area contributed by atoms with Crippen molar-refractivity contribution in [1.29, 1.82) is 0 Å². The minimum atomic E-state index is 0.209. The monoisotopic (exact) mass is 248 g/mol. The molecular weight excluding hydrogens is 224 g/mol. The standard InChI is InChI=1S/C15H24N2O/c1-11-8-9-13(14(10-11)18-2)15(17-16)12-6-4-3-5-7-12/h8-10,12,15,17H,3-7,16H2,1-2H3.